The summed E-state index contributed by atoms with van der Waals surface area (Å²) in [5.41, 5.74) is 0.981. The van der Waals surface area contributed by atoms with Crippen LogP contribution in [0.25, 0.3) is 11.1 Å². The molecule has 8 nitrogen and oxygen atoms in total. The molecule has 0 radical (unpaired) electrons. The molecule has 3 heterocycles. The van der Waals surface area contributed by atoms with Crippen molar-refractivity contribution in [1.29, 1.82) is 0 Å². The summed E-state index contributed by atoms with van der Waals surface area (Å²) in [6.07, 6.45) is 1.33. The van der Waals surface area contributed by atoms with Gasteiger partial charge in [-0.25, -0.2) is 14.2 Å². The van der Waals surface area contributed by atoms with Gasteiger partial charge in [0.05, 0.1) is 17.8 Å². The maximum absolute atomic E-state index is 13.6. The molecular formula is C23H16ClFN4O4. The first kappa shape index (κ1) is 20.9. The molecule has 2 aliphatic rings. The highest BCUT2D eigenvalue weighted by Gasteiger charge is 2.50. The number of amides is 4. The van der Waals surface area contributed by atoms with Gasteiger partial charge in [0.25, 0.3) is 11.8 Å². The Kier molecular flexibility index (Phi) is 4.79. The molecule has 3 N–H and O–H groups in total. The third kappa shape index (κ3) is 3.46. The zero-order chi connectivity index (χ0) is 23.3. The number of imide groups is 1. The monoisotopic (exact) mass is 466 g/mol. The van der Waals surface area contributed by atoms with E-state index in [1.807, 2.05) is 0 Å². The van der Waals surface area contributed by atoms with Crippen molar-refractivity contribution in [2.45, 2.75) is 12.1 Å². The van der Waals surface area contributed by atoms with E-state index < -0.39 is 29.2 Å². The summed E-state index contributed by atoms with van der Waals surface area (Å²) in [5.74, 6) is -1.74. The molecule has 2 aliphatic heterocycles. The largest absolute Gasteiger partial charge is 0.493 e. The van der Waals surface area contributed by atoms with Crippen molar-refractivity contribution in [3.8, 4) is 17.0 Å². The van der Waals surface area contributed by atoms with Gasteiger partial charge in [-0.05, 0) is 28.8 Å². The number of aromatic nitrogens is 1. The van der Waals surface area contributed by atoms with Crippen molar-refractivity contribution in [3.05, 3.63) is 82.3 Å². The van der Waals surface area contributed by atoms with Crippen LogP contribution in [-0.4, -0.2) is 39.4 Å². The van der Waals surface area contributed by atoms with Gasteiger partial charge in [-0.2, -0.15) is 0 Å². The summed E-state index contributed by atoms with van der Waals surface area (Å²) in [4.78, 5) is 43.0. The number of urea groups is 1. The number of halogens is 2. The van der Waals surface area contributed by atoms with Crippen molar-refractivity contribution < 1.29 is 23.9 Å². The lowest BCUT2D eigenvalue weighted by Crippen LogP contribution is -2.52. The summed E-state index contributed by atoms with van der Waals surface area (Å²) in [5, 5.41) is 14.9. The smallest absolute Gasteiger partial charge is 0.322 e. The highest BCUT2D eigenvalue weighted by atomic mass is 35.5. The average Bonchev–Trinajstić information content (AvgIpc) is 3.25. The van der Waals surface area contributed by atoms with Crippen LogP contribution in [0.15, 0.2) is 54.7 Å². The molecule has 1 aromatic heterocycles. The number of hydrogen-bond donors (Lipinski definition) is 3. The molecule has 0 unspecified atom stereocenters. The lowest BCUT2D eigenvalue weighted by atomic mass is 9.88. The van der Waals surface area contributed by atoms with Crippen molar-refractivity contribution in [2.75, 3.05) is 6.54 Å². The first-order chi connectivity index (χ1) is 15.8. The van der Waals surface area contributed by atoms with Crippen LogP contribution in [0.4, 0.5) is 9.18 Å². The molecule has 0 saturated carbocycles. The second kappa shape index (κ2) is 7.56. The zero-order valence-electron chi connectivity index (χ0n) is 16.9. The second-order valence-electron chi connectivity index (χ2n) is 7.88. The van der Waals surface area contributed by atoms with E-state index in [0.29, 0.717) is 27.3 Å². The van der Waals surface area contributed by atoms with Crippen molar-refractivity contribution in [2.24, 2.45) is 0 Å². The number of rotatable bonds is 4. The fourth-order valence-electron chi connectivity index (χ4n) is 4.23. The molecule has 1 atom stereocenters. The minimum atomic E-state index is -1.53. The summed E-state index contributed by atoms with van der Waals surface area (Å²) >= 11 is 6.19. The van der Waals surface area contributed by atoms with Gasteiger partial charge < -0.3 is 15.3 Å². The standard InChI is InChI=1S/C23H16ClFN4O4/c24-18-9-26-19(30)8-16(18)12-1-4-14(5-2-12)23(21(32)27-22(33)28-23)11-29-10-13-3-6-15(25)7-17(13)20(29)31/h1-9H,10-11H2,(H,26,30)(H2,27,28,32,33)/t23-/m0/s1. The minimum Gasteiger partial charge on any atom is -0.493 e. The molecule has 33 heavy (non-hydrogen) atoms. The average molecular weight is 467 g/mol. The lowest BCUT2D eigenvalue weighted by Gasteiger charge is -2.31. The molecule has 0 aliphatic carbocycles. The predicted octanol–water partition coefficient (Wildman–Crippen LogP) is 2.94. The molecule has 3 aromatic rings. The van der Waals surface area contributed by atoms with Crippen molar-refractivity contribution >= 4 is 29.4 Å². The number of pyridine rings is 1. The van der Waals surface area contributed by atoms with Crippen molar-refractivity contribution in [3.63, 3.8) is 0 Å². The van der Waals surface area contributed by atoms with E-state index in [0.717, 1.165) is 0 Å². The fourth-order valence-corrected chi connectivity index (χ4v) is 4.44. The highest BCUT2D eigenvalue weighted by Crippen LogP contribution is 2.34. The lowest BCUT2D eigenvalue weighted by molar-refractivity contribution is -0.124. The Labute approximate surface area is 192 Å². The van der Waals surface area contributed by atoms with Gasteiger partial charge in [0, 0.05) is 23.7 Å². The number of hydrogen-bond acceptors (Lipinski definition) is 5. The van der Waals surface area contributed by atoms with E-state index in [9.17, 15) is 23.9 Å². The molecule has 1 fully saturated rings. The van der Waals surface area contributed by atoms with Gasteiger partial charge in [-0.1, -0.05) is 41.9 Å². The summed E-state index contributed by atoms with van der Waals surface area (Å²) < 4.78 is 13.6. The van der Waals surface area contributed by atoms with Crippen LogP contribution in [0.2, 0.25) is 5.02 Å². The van der Waals surface area contributed by atoms with Gasteiger partial charge in [-0.15, -0.1) is 0 Å². The third-order valence-electron chi connectivity index (χ3n) is 5.85. The van der Waals surface area contributed by atoms with Crippen LogP contribution in [0.3, 0.4) is 0 Å². The first-order valence-corrected chi connectivity index (χ1v) is 10.3. The molecule has 0 bridgehead atoms. The Morgan fingerprint density at radius 1 is 1.09 bits per heavy atom. The number of nitrogens with zero attached hydrogens (tertiary/aromatic N) is 2. The zero-order valence-corrected chi connectivity index (χ0v) is 17.7. The number of carbonyl (C=O) groups excluding carboxylic acids is 3. The SMILES string of the molecule is O=C1NC(=O)[C@](CN2Cc3ccc(F)cc3C2=O)(c2ccc(-c3cc(O)ncc3Cl)cc2)N1. The molecule has 1 saturated heterocycles. The van der Waals surface area contributed by atoms with Gasteiger partial charge in [0.1, 0.15) is 5.82 Å². The number of aromatic hydroxyl groups is 1. The summed E-state index contributed by atoms with van der Waals surface area (Å²) in [6, 6.07) is 11.4. The number of nitrogens with one attached hydrogen (secondary N) is 2. The highest BCUT2D eigenvalue weighted by molar-refractivity contribution is 6.33. The number of fused-ring (bicyclic) bond motifs is 1. The molecule has 2 aromatic carbocycles. The Morgan fingerprint density at radius 3 is 2.55 bits per heavy atom. The topological polar surface area (TPSA) is 112 Å². The van der Waals surface area contributed by atoms with E-state index in [1.54, 1.807) is 24.3 Å². The molecule has 166 valence electrons. The Hall–Kier alpha value is -3.98. The fraction of sp³-hybridized carbons (Fsp3) is 0.130. The molecule has 10 heteroatoms. The first-order valence-electron chi connectivity index (χ1n) is 9.93. The van der Waals surface area contributed by atoms with Gasteiger partial charge >= 0.3 is 6.03 Å². The normalized spacial score (nSPS) is 19.5. The summed E-state index contributed by atoms with van der Waals surface area (Å²) in [6.45, 7) is 0.0409. The van der Waals surface area contributed by atoms with Crippen molar-refractivity contribution in [1.82, 2.24) is 20.5 Å². The maximum atomic E-state index is 13.6. The van der Waals surface area contributed by atoms with Crippen LogP contribution in [0.5, 0.6) is 5.88 Å². The van der Waals surface area contributed by atoms with Crippen LogP contribution in [0.1, 0.15) is 21.5 Å². The van der Waals surface area contributed by atoms with Crippen LogP contribution >= 0.6 is 11.6 Å². The van der Waals surface area contributed by atoms with E-state index in [1.165, 1.54) is 35.4 Å². The van der Waals surface area contributed by atoms with Crippen LogP contribution in [0, 0.1) is 5.82 Å². The third-order valence-corrected chi connectivity index (χ3v) is 6.15. The van der Waals surface area contributed by atoms with Gasteiger partial charge in [0.15, 0.2) is 5.54 Å². The molecule has 4 amide bonds. The molecule has 5 rings (SSSR count). The van der Waals surface area contributed by atoms with E-state index in [4.69, 9.17) is 11.6 Å². The summed E-state index contributed by atoms with van der Waals surface area (Å²) in [7, 11) is 0. The van der Waals surface area contributed by atoms with Gasteiger partial charge in [0.2, 0.25) is 5.88 Å². The Morgan fingerprint density at radius 2 is 1.85 bits per heavy atom. The predicted molar refractivity (Wildman–Crippen MR) is 116 cm³/mol. The van der Waals surface area contributed by atoms with Crippen LogP contribution in [-0.2, 0) is 16.9 Å². The molecule has 0 spiro atoms. The Bertz CT molecular complexity index is 1330. The van der Waals surface area contributed by atoms with E-state index >= 15 is 0 Å². The van der Waals surface area contributed by atoms with Crippen LogP contribution < -0.4 is 10.6 Å². The Balaban J connectivity index is 1.50. The van der Waals surface area contributed by atoms with E-state index in [-0.39, 0.29) is 24.5 Å². The maximum Gasteiger partial charge on any atom is 0.322 e. The second-order valence-corrected chi connectivity index (χ2v) is 8.28. The van der Waals surface area contributed by atoms with Gasteiger partial charge in [-0.3, -0.25) is 14.9 Å². The number of benzene rings is 2. The minimum absolute atomic E-state index is 0.143. The quantitative estimate of drug-likeness (QED) is 0.512. The molecular weight excluding hydrogens is 451 g/mol. The van der Waals surface area contributed by atoms with E-state index in [2.05, 4.69) is 15.6 Å². The number of carbonyl (C=O) groups is 3.